The summed E-state index contributed by atoms with van der Waals surface area (Å²) in [6.45, 7) is 0. The molecule has 4 aromatic carbocycles. The number of carbonyl (C=O) groups excluding carboxylic acids is 3. The van der Waals surface area contributed by atoms with Crippen LogP contribution in [0.3, 0.4) is 0 Å². The van der Waals surface area contributed by atoms with E-state index < -0.39 is 29.4 Å². The summed E-state index contributed by atoms with van der Waals surface area (Å²) in [5.74, 6) is -0.638. The first kappa shape index (κ1) is 33.2. The summed E-state index contributed by atoms with van der Waals surface area (Å²) >= 11 is 10.2. The van der Waals surface area contributed by atoms with E-state index in [0.717, 1.165) is 27.0 Å². The van der Waals surface area contributed by atoms with Crippen LogP contribution in [0, 0.1) is 0 Å². The Hall–Kier alpha value is -4.35. The summed E-state index contributed by atoms with van der Waals surface area (Å²) in [6, 6.07) is 34.5. The van der Waals surface area contributed by atoms with Gasteiger partial charge in [0, 0.05) is 32.7 Å². The molecule has 11 heteroatoms. The van der Waals surface area contributed by atoms with Crippen molar-refractivity contribution in [3.05, 3.63) is 158 Å². The molecule has 0 bridgehead atoms. The predicted octanol–water partition coefficient (Wildman–Crippen LogP) is 7.28. The highest BCUT2D eigenvalue weighted by Crippen LogP contribution is 2.47. The molecule has 3 heterocycles. The van der Waals surface area contributed by atoms with Gasteiger partial charge in [-0.05, 0) is 34.4 Å². The van der Waals surface area contributed by atoms with Gasteiger partial charge in [0.25, 0.3) is 5.91 Å². The molecule has 1 fully saturated rings. The summed E-state index contributed by atoms with van der Waals surface area (Å²) in [4.78, 5) is 56.3. The van der Waals surface area contributed by atoms with Crippen LogP contribution in [-0.2, 0) is 31.4 Å². The molecule has 2 aliphatic rings. The zero-order chi connectivity index (χ0) is 33.9. The smallest absolute Gasteiger partial charge is 0.356 e. The maximum absolute atomic E-state index is 14.4. The number of nitrogens with zero attached hydrogens (tertiary/aromatic N) is 1. The maximum atomic E-state index is 14.4. The van der Waals surface area contributed by atoms with Crippen molar-refractivity contribution in [1.29, 1.82) is 0 Å². The molecule has 7 nitrogen and oxygen atoms in total. The van der Waals surface area contributed by atoms with Crippen LogP contribution in [0.5, 0.6) is 0 Å². The fraction of sp³-hybridized carbons (Fsp3) is 0.158. The summed E-state index contributed by atoms with van der Waals surface area (Å²) in [5.41, 5.74) is 3.27. The van der Waals surface area contributed by atoms with Crippen LogP contribution in [-0.4, -0.2) is 39.9 Å². The predicted molar refractivity (Wildman–Crippen MR) is 197 cm³/mol. The number of alkyl halides is 1. The molecule has 49 heavy (non-hydrogen) atoms. The van der Waals surface area contributed by atoms with Gasteiger partial charge in [-0.1, -0.05) is 109 Å². The first-order valence-corrected chi connectivity index (χ1v) is 18.7. The molecule has 0 radical (unpaired) electrons. The minimum atomic E-state index is -0.791. The Morgan fingerprint density at radius 1 is 0.878 bits per heavy atom. The van der Waals surface area contributed by atoms with Gasteiger partial charge in [-0.25, -0.2) is 4.79 Å². The zero-order valence-electron chi connectivity index (χ0n) is 25.9. The van der Waals surface area contributed by atoms with Crippen molar-refractivity contribution >= 4 is 74.3 Å². The van der Waals surface area contributed by atoms with Crippen molar-refractivity contribution in [1.82, 2.24) is 10.2 Å². The first-order valence-electron chi connectivity index (χ1n) is 15.5. The van der Waals surface area contributed by atoms with Crippen molar-refractivity contribution in [3.63, 3.8) is 0 Å². The Bertz CT molecular complexity index is 2090. The lowest BCUT2D eigenvalue weighted by atomic mass is 10.0. The number of ether oxygens (including phenoxy) is 1. The van der Waals surface area contributed by atoms with Crippen LogP contribution in [0.15, 0.2) is 135 Å². The minimum absolute atomic E-state index is 0.124. The first-order chi connectivity index (χ1) is 23.9. The standard InChI is InChI=1S/C38H29ClN2O5S3/c39-21-24-16-17-27-28(42)20-32(48-29(27)18-24)49-30-22-47-37-33(40-31(43)19-23-10-4-1-5-11-23)36(44)41(37)34(30)38(45)46-35(25-12-6-2-7-13-25)26-14-8-3-9-15-26/h1-18,20,33,35,37H,19,21-22H2,(H,40,43)/t33?,37-/m0/s1. The van der Waals surface area contributed by atoms with Gasteiger partial charge in [-0.2, -0.15) is 0 Å². The lowest BCUT2D eigenvalue weighted by Gasteiger charge is -2.49. The van der Waals surface area contributed by atoms with E-state index in [4.69, 9.17) is 16.3 Å². The molecule has 2 aliphatic heterocycles. The number of hydrogen-bond acceptors (Lipinski definition) is 8. The van der Waals surface area contributed by atoms with Crippen LogP contribution in [0.2, 0.25) is 0 Å². The Labute approximate surface area is 300 Å². The summed E-state index contributed by atoms with van der Waals surface area (Å²) < 4.78 is 7.74. The van der Waals surface area contributed by atoms with Crippen LogP contribution < -0.4 is 10.7 Å². The second-order valence-electron chi connectivity index (χ2n) is 11.5. The molecule has 0 saturated carbocycles. The molecule has 5 aromatic rings. The molecule has 1 aromatic heterocycles. The summed E-state index contributed by atoms with van der Waals surface area (Å²) in [7, 11) is 0. The fourth-order valence-electron chi connectivity index (χ4n) is 5.84. The molecule has 7 rings (SSSR count). The van der Waals surface area contributed by atoms with Gasteiger partial charge < -0.3 is 10.1 Å². The second kappa shape index (κ2) is 14.6. The maximum Gasteiger partial charge on any atom is 0.356 e. The van der Waals surface area contributed by atoms with Crippen LogP contribution in [0.1, 0.15) is 28.4 Å². The average molecular weight is 725 g/mol. The molecular formula is C38H29ClN2O5S3. The molecule has 246 valence electrons. The van der Waals surface area contributed by atoms with E-state index in [1.807, 2.05) is 103 Å². The molecule has 1 saturated heterocycles. The van der Waals surface area contributed by atoms with Crippen LogP contribution in [0.4, 0.5) is 0 Å². The molecule has 0 spiro atoms. The number of thioether (sulfide) groups is 2. The quantitative estimate of drug-likeness (QED) is 0.0920. The van der Waals surface area contributed by atoms with Gasteiger partial charge in [-0.15, -0.1) is 34.7 Å². The number of β-lactam (4-membered cyclic amide) rings is 1. The van der Waals surface area contributed by atoms with Gasteiger partial charge in [-0.3, -0.25) is 19.3 Å². The lowest BCUT2D eigenvalue weighted by Crippen LogP contribution is -2.70. The van der Waals surface area contributed by atoms with Gasteiger partial charge in [0.2, 0.25) is 5.91 Å². The Morgan fingerprint density at radius 3 is 2.18 bits per heavy atom. The van der Waals surface area contributed by atoms with Crippen molar-refractivity contribution in [3.8, 4) is 0 Å². The van der Waals surface area contributed by atoms with Crippen LogP contribution >= 0.6 is 46.5 Å². The van der Waals surface area contributed by atoms with Gasteiger partial charge >= 0.3 is 5.97 Å². The third-order valence-corrected chi connectivity index (χ3v) is 12.3. The number of carbonyl (C=O) groups is 3. The number of esters is 1. The van der Waals surface area contributed by atoms with E-state index in [-0.39, 0.29) is 23.5 Å². The summed E-state index contributed by atoms with van der Waals surface area (Å²) in [6.07, 6.45) is -0.596. The van der Waals surface area contributed by atoms with Crippen molar-refractivity contribution in [2.24, 2.45) is 0 Å². The van der Waals surface area contributed by atoms with E-state index in [9.17, 15) is 19.2 Å². The topological polar surface area (TPSA) is 92.8 Å². The highest BCUT2D eigenvalue weighted by molar-refractivity contribution is 8.07. The average Bonchev–Trinajstić information content (AvgIpc) is 3.13. The molecule has 1 unspecified atom stereocenters. The van der Waals surface area contributed by atoms with E-state index in [1.165, 1.54) is 39.8 Å². The number of rotatable bonds is 10. The Balaban J connectivity index is 1.23. The second-order valence-corrected chi connectivity index (χ2v) is 15.3. The fourth-order valence-corrected chi connectivity index (χ4v) is 9.94. The third-order valence-electron chi connectivity index (χ3n) is 8.23. The highest BCUT2D eigenvalue weighted by Gasteiger charge is 2.55. The molecule has 0 aliphatic carbocycles. The monoisotopic (exact) mass is 724 g/mol. The Kier molecular flexibility index (Phi) is 9.91. The largest absolute Gasteiger partial charge is 0.448 e. The van der Waals surface area contributed by atoms with Gasteiger partial charge in [0.05, 0.1) is 10.6 Å². The number of amides is 2. The van der Waals surface area contributed by atoms with Crippen molar-refractivity contribution in [2.75, 3.05) is 5.75 Å². The van der Waals surface area contributed by atoms with E-state index >= 15 is 0 Å². The number of hydrogen-bond donors (Lipinski definition) is 1. The van der Waals surface area contributed by atoms with E-state index in [0.29, 0.717) is 26.1 Å². The number of nitrogens with one attached hydrogen (secondary N) is 1. The number of halogens is 1. The Morgan fingerprint density at radius 2 is 1.53 bits per heavy atom. The normalized spacial score (nSPS) is 17.1. The zero-order valence-corrected chi connectivity index (χ0v) is 29.1. The third kappa shape index (κ3) is 7.05. The highest BCUT2D eigenvalue weighted by atomic mass is 35.5. The molecule has 2 atom stereocenters. The van der Waals surface area contributed by atoms with E-state index in [2.05, 4.69) is 5.32 Å². The van der Waals surface area contributed by atoms with Crippen molar-refractivity contribution in [2.45, 2.75) is 34.0 Å². The number of benzene rings is 4. The van der Waals surface area contributed by atoms with Gasteiger partial charge in [0.1, 0.15) is 17.1 Å². The molecule has 1 N–H and O–H groups in total. The lowest BCUT2D eigenvalue weighted by molar-refractivity contribution is -0.154. The minimum Gasteiger partial charge on any atom is -0.448 e. The number of fused-ring (bicyclic) bond motifs is 2. The van der Waals surface area contributed by atoms with E-state index in [1.54, 1.807) is 12.1 Å². The van der Waals surface area contributed by atoms with Crippen LogP contribution in [0.25, 0.3) is 10.1 Å². The van der Waals surface area contributed by atoms with Gasteiger partial charge in [0.15, 0.2) is 11.5 Å². The SMILES string of the molecule is O=C(Cc1ccccc1)NC1C(=O)N2C(C(=O)OC(c3ccccc3)c3ccccc3)=C(Sc3cc(=O)c4ccc(CCl)cc4s3)CS[C@@H]12. The molecule has 2 amide bonds. The van der Waals surface area contributed by atoms with Crippen molar-refractivity contribution < 1.29 is 19.1 Å². The summed E-state index contributed by atoms with van der Waals surface area (Å²) in [5, 5.41) is 2.99. The molecular weight excluding hydrogens is 696 g/mol.